The average molecular weight is 848 g/mol. The minimum Gasteiger partial charge on any atom is -0.495 e. The summed E-state index contributed by atoms with van der Waals surface area (Å²) in [6, 6.07) is 10.7. The van der Waals surface area contributed by atoms with E-state index in [0.717, 1.165) is 27.9 Å². The Morgan fingerprint density at radius 3 is 1.78 bits per heavy atom. The third-order valence-corrected chi connectivity index (χ3v) is 13.2. The molecule has 0 aliphatic rings. The first-order chi connectivity index (χ1) is 23.5. The molecule has 2 N–H and O–H groups in total. The van der Waals surface area contributed by atoms with Crippen LogP contribution in [0.15, 0.2) is 55.1 Å². The Morgan fingerprint density at radius 1 is 0.714 bits per heavy atom. The van der Waals surface area contributed by atoms with E-state index >= 15 is 0 Å². The molecule has 19 heteroatoms. The fourth-order valence-electron chi connectivity index (χ4n) is 3.65. The minimum absolute atomic E-state index is 0.399. The molecule has 0 radical (unpaired) electrons. The smallest absolute Gasteiger partial charge is 0.173 e. The van der Waals surface area contributed by atoms with Gasteiger partial charge in [-0.25, -0.2) is 19.9 Å². The number of thiazole rings is 2. The monoisotopic (exact) mass is 845 g/mol. The van der Waals surface area contributed by atoms with Crippen molar-refractivity contribution in [1.29, 1.82) is 10.5 Å². The minimum atomic E-state index is 0.399. The summed E-state index contributed by atoms with van der Waals surface area (Å²) in [4.78, 5) is 18.6. The van der Waals surface area contributed by atoms with Crippen LogP contribution in [0, 0.1) is 22.7 Å². The lowest BCUT2D eigenvalue weighted by atomic mass is 10.3. The van der Waals surface area contributed by atoms with Crippen LogP contribution in [0.1, 0.15) is 11.1 Å². The molecule has 4 heterocycles. The largest absolute Gasteiger partial charge is 0.495 e. The lowest BCUT2D eigenvalue weighted by Gasteiger charge is -2.10. The van der Waals surface area contributed by atoms with E-state index in [-0.39, 0.29) is 0 Å². The molecule has 6 aromatic rings. The molecule has 6 rings (SSSR count). The summed E-state index contributed by atoms with van der Waals surface area (Å²) in [6.45, 7) is 0. The Kier molecular flexibility index (Phi) is 14.4. The fraction of sp³-hybridized carbons (Fsp3) is 0.133. The molecule has 0 fully saturated rings. The second-order valence-electron chi connectivity index (χ2n) is 8.91. The number of methoxy groups -OCH3 is 2. The molecule has 0 spiro atoms. The molecule has 9 nitrogen and oxygen atoms in total. The maximum absolute atomic E-state index is 9.43. The van der Waals surface area contributed by atoms with E-state index in [9.17, 15) is 5.26 Å². The van der Waals surface area contributed by atoms with Crippen molar-refractivity contribution in [1.82, 2.24) is 19.9 Å². The number of rotatable bonds is 6. The number of nitrogens with two attached hydrogens (primary N) is 1. The van der Waals surface area contributed by atoms with Gasteiger partial charge in [0.2, 0.25) is 0 Å². The highest BCUT2D eigenvalue weighted by Gasteiger charge is 2.18. The summed E-state index contributed by atoms with van der Waals surface area (Å²) in [6.07, 6.45) is 6.89. The van der Waals surface area contributed by atoms with Crippen LogP contribution < -0.4 is 15.2 Å². The van der Waals surface area contributed by atoms with E-state index < -0.39 is 0 Å². The Morgan fingerprint density at radius 2 is 1.22 bits per heavy atom. The molecule has 0 saturated heterocycles. The van der Waals surface area contributed by atoms with Gasteiger partial charge in [-0.1, -0.05) is 93.3 Å². The predicted octanol–water partition coefficient (Wildman–Crippen LogP) is 11.3. The molecule has 0 unspecified atom stereocenters. The van der Waals surface area contributed by atoms with Crippen molar-refractivity contribution >= 4 is 142 Å². The van der Waals surface area contributed by atoms with Gasteiger partial charge in [-0.15, -0.1) is 22.7 Å². The van der Waals surface area contributed by atoms with Crippen molar-refractivity contribution in [2.45, 2.75) is 18.5 Å². The molecule has 252 valence electrons. The van der Waals surface area contributed by atoms with Gasteiger partial charge in [0.1, 0.15) is 23.6 Å². The number of halogens is 5. The number of hydrogen-bond acceptors (Lipinski definition) is 14. The highest BCUT2D eigenvalue weighted by Crippen LogP contribution is 2.44. The van der Waals surface area contributed by atoms with Gasteiger partial charge in [0.15, 0.2) is 20.0 Å². The van der Waals surface area contributed by atoms with Crippen molar-refractivity contribution in [3.05, 3.63) is 72.9 Å². The third-order valence-electron chi connectivity index (χ3n) is 5.98. The number of thioether (sulfide) groups is 2. The molecule has 0 aliphatic heterocycles. The molecule has 0 saturated carbocycles. The topological polar surface area (TPSA) is 144 Å². The van der Waals surface area contributed by atoms with E-state index in [2.05, 4.69) is 26.0 Å². The van der Waals surface area contributed by atoms with Crippen LogP contribution >= 0.6 is 116 Å². The van der Waals surface area contributed by atoms with E-state index in [1.54, 1.807) is 54.9 Å². The zero-order valence-corrected chi connectivity index (χ0v) is 33.3. The first-order valence-corrected chi connectivity index (χ1v) is 19.9. The van der Waals surface area contributed by atoms with Crippen molar-refractivity contribution in [2.75, 3.05) is 32.5 Å². The summed E-state index contributed by atoms with van der Waals surface area (Å²) in [7, 11) is 3.07. The number of nitriles is 2. The van der Waals surface area contributed by atoms with Crippen molar-refractivity contribution in [3.8, 4) is 23.6 Å². The fourth-order valence-corrected chi connectivity index (χ4v) is 9.08. The zero-order valence-electron chi connectivity index (χ0n) is 25.5. The maximum atomic E-state index is 9.43. The van der Waals surface area contributed by atoms with Crippen LogP contribution in [0.5, 0.6) is 11.5 Å². The molecule has 0 atom stereocenters. The van der Waals surface area contributed by atoms with Crippen LogP contribution in [0.3, 0.4) is 0 Å². The van der Waals surface area contributed by atoms with Crippen molar-refractivity contribution in [2.24, 2.45) is 0 Å². The summed E-state index contributed by atoms with van der Waals surface area (Å²) >= 11 is 37.3. The van der Waals surface area contributed by atoms with Gasteiger partial charge >= 0.3 is 0 Å². The SMILES string of the molecule is COc1cc(N)c(Cl)cc1Cl.COc1cc(Sc2c(C#N)cnc3nc(SC)sc23)c(Cl)cc1Cl.CSc1nc2ncc(C#N)c(Cl)c2s1. The van der Waals surface area contributed by atoms with Gasteiger partial charge in [-0.05, 0) is 30.7 Å². The zero-order chi connectivity index (χ0) is 35.8. The molecule has 4 aromatic heterocycles. The number of ether oxygens (including phenoxy) is 2. The second kappa shape index (κ2) is 18.1. The number of hydrogen-bond donors (Lipinski definition) is 1. The van der Waals surface area contributed by atoms with Gasteiger partial charge in [-0.3, -0.25) is 0 Å². The highest BCUT2D eigenvalue weighted by atomic mass is 35.5. The number of aromatic nitrogens is 4. The summed E-state index contributed by atoms with van der Waals surface area (Å²) in [5.41, 5.74) is 8.08. The molecule has 0 bridgehead atoms. The van der Waals surface area contributed by atoms with Gasteiger partial charge < -0.3 is 15.2 Å². The van der Waals surface area contributed by atoms with E-state index in [4.69, 9.17) is 78.5 Å². The number of pyridine rings is 2. The van der Waals surface area contributed by atoms with Crippen molar-refractivity contribution < 1.29 is 9.47 Å². The van der Waals surface area contributed by atoms with E-state index in [0.29, 0.717) is 64.7 Å². The molecule has 0 aliphatic carbocycles. The average Bonchev–Trinajstić information content (AvgIpc) is 3.73. The Labute approximate surface area is 327 Å². The number of benzene rings is 2. The van der Waals surface area contributed by atoms with Gasteiger partial charge in [0.25, 0.3) is 0 Å². The summed E-state index contributed by atoms with van der Waals surface area (Å²) < 4.78 is 13.6. The van der Waals surface area contributed by atoms with Crippen LogP contribution in [0.4, 0.5) is 5.69 Å². The predicted molar refractivity (Wildman–Crippen MR) is 207 cm³/mol. The lowest BCUT2D eigenvalue weighted by Crippen LogP contribution is -1.89. The molecule has 0 amide bonds. The summed E-state index contributed by atoms with van der Waals surface area (Å²) in [5.74, 6) is 1.06. The van der Waals surface area contributed by atoms with Crippen LogP contribution in [-0.4, -0.2) is 46.7 Å². The lowest BCUT2D eigenvalue weighted by molar-refractivity contribution is 0.414. The third kappa shape index (κ3) is 9.40. The normalized spacial score (nSPS) is 10.4. The van der Waals surface area contributed by atoms with E-state index in [1.807, 2.05) is 18.6 Å². The number of anilines is 1. The van der Waals surface area contributed by atoms with Crippen LogP contribution in [-0.2, 0) is 0 Å². The first kappa shape index (κ1) is 39.2. The van der Waals surface area contributed by atoms with Crippen molar-refractivity contribution in [3.63, 3.8) is 0 Å². The number of fused-ring (bicyclic) bond motifs is 2. The van der Waals surface area contributed by atoms with Gasteiger partial charge in [-0.2, -0.15) is 10.5 Å². The second-order valence-corrected chi connectivity index (χ2v) is 16.1. The highest BCUT2D eigenvalue weighted by molar-refractivity contribution is 8.01. The van der Waals surface area contributed by atoms with E-state index in [1.165, 1.54) is 53.9 Å². The van der Waals surface area contributed by atoms with Crippen LogP contribution in [0.25, 0.3) is 20.7 Å². The standard InChI is InChI=1S/C15H9Cl2N3OS3.C8H4ClN3S2.C7H7Cl2NO/c1-21-10-4-11(9(17)3-8(10)16)23-12-7(5-18)6-19-14-13(12)24-15(20-14)22-2;1-13-8-12-7-6(14-8)5(9)4(2-10)3-11-7;1-11-7-3-6(10)4(8)2-5(7)9/h3-4,6H,1-2H3;3H,1H3;2-3H,10H2,1H3. The maximum Gasteiger partial charge on any atom is 0.173 e. The Bertz CT molecular complexity index is 2240. The number of nitrogens with zero attached hydrogens (tertiary/aromatic N) is 6. The summed E-state index contributed by atoms with van der Waals surface area (Å²) in [5, 5.41) is 20.5. The van der Waals surface area contributed by atoms with Crippen LogP contribution in [0.2, 0.25) is 25.1 Å². The quantitative estimate of drug-likeness (QED) is 0.126. The Hall–Kier alpha value is -2.60. The molecule has 2 aromatic carbocycles. The molecular weight excluding hydrogens is 828 g/mol. The van der Waals surface area contributed by atoms with Gasteiger partial charge in [0, 0.05) is 23.4 Å². The van der Waals surface area contributed by atoms with Gasteiger partial charge in [0.05, 0.1) is 70.4 Å². The number of nitrogen functional groups attached to an aromatic ring is 1. The molecule has 49 heavy (non-hydrogen) atoms. The molecular formula is C30H20Cl5N7O2S5. The Balaban J connectivity index is 0.000000183. The first-order valence-electron chi connectivity index (χ1n) is 13.1.